The van der Waals surface area contributed by atoms with Crippen LogP contribution in [0.4, 0.5) is 11.6 Å². The Morgan fingerprint density at radius 3 is 2.29 bits per heavy atom. The summed E-state index contributed by atoms with van der Waals surface area (Å²) in [7, 11) is 0. The van der Waals surface area contributed by atoms with Crippen molar-refractivity contribution in [2.24, 2.45) is 0 Å². The summed E-state index contributed by atoms with van der Waals surface area (Å²) in [6.45, 7) is 7.90. The van der Waals surface area contributed by atoms with Crippen molar-refractivity contribution < 1.29 is 4.79 Å². The van der Waals surface area contributed by atoms with Crippen LogP contribution < -0.4 is 16.0 Å². The zero-order valence-corrected chi connectivity index (χ0v) is 14.5. The van der Waals surface area contributed by atoms with Gasteiger partial charge < -0.3 is 16.0 Å². The highest BCUT2D eigenvalue weighted by Gasteiger charge is 2.05. The number of aromatic nitrogens is 2. The van der Waals surface area contributed by atoms with Gasteiger partial charge in [0, 0.05) is 31.3 Å². The number of nitrogens with one attached hydrogen (secondary N) is 3. The summed E-state index contributed by atoms with van der Waals surface area (Å²) in [6, 6.07) is 9.55. The molecule has 6 nitrogen and oxygen atoms in total. The van der Waals surface area contributed by atoms with E-state index in [0.29, 0.717) is 24.5 Å². The minimum absolute atomic E-state index is 0.0633. The normalized spacial score (nSPS) is 10.3. The first kappa shape index (κ1) is 17.7. The summed E-state index contributed by atoms with van der Waals surface area (Å²) in [5.41, 5.74) is 1.91. The molecule has 2 rings (SSSR count). The van der Waals surface area contributed by atoms with Crippen LogP contribution in [0.15, 0.2) is 30.3 Å². The molecule has 0 unspecified atom stereocenters. The zero-order chi connectivity index (χ0) is 17.4. The van der Waals surface area contributed by atoms with E-state index < -0.39 is 0 Å². The summed E-state index contributed by atoms with van der Waals surface area (Å²) in [4.78, 5) is 20.7. The van der Waals surface area contributed by atoms with Gasteiger partial charge in [-0.1, -0.05) is 19.1 Å². The van der Waals surface area contributed by atoms with Crippen molar-refractivity contribution in [3.8, 4) is 0 Å². The Bertz CT molecular complexity index is 670. The maximum atomic E-state index is 12.1. The van der Waals surface area contributed by atoms with Gasteiger partial charge in [0.05, 0.1) is 0 Å². The summed E-state index contributed by atoms with van der Waals surface area (Å²) in [5, 5.41) is 9.27. The molecular weight excluding hydrogens is 302 g/mol. The summed E-state index contributed by atoms with van der Waals surface area (Å²) >= 11 is 0. The fraction of sp³-hybridized carbons (Fsp3) is 0.389. The Labute approximate surface area is 143 Å². The van der Waals surface area contributed by atoms with Crippen LogP contribution in [0.2, 0.25) is 0 Å². The van der Waals surface area contributed by atoms with Gasteiger partial charge in [-0.05, 0) is 38.0 Å². The molecule has 0 saturated heterocycles. The van der Waals surface area contributed by atoms with Gasteiger partial charge in [-0.2, -0.15) is 0 Å². The third-order valence-corrected chi connectivity index (χ3v) is 3.54. The third-order valence-electron chi connectivity index (χ3n) is 3.54. The Morgan fingerprint density at radius 1 is 1.00 bits per heavy atom. The molecule has 0 fully saturated rings. The molecule has 0 atom stereocenters. The maximum Gasteiger partial charge on any atom is 0.251 e. The van der Waals surface area contributed by atoms with E-state index in [9.17, 15) is 4.79 Å². The van der Waals surface area contributed by atoms with Crippen molar-refractivity contribution in [1.29, 1.82) is 0 Å². The van der Waals surface area contributed by atoms with E-state index in [1.807, 2.05) is 44.2 Å². The largest absolute Gasteiger partial charge is 0.370 e. The van der Waals surface area contributed by atoms with Gasteiger partial charge in [-0.15, -0.1) is 0 Å². The monoisotopic (exact) mass is 327 g/mol. The lowest BCUT2D eigenvalue weighted by atomic mass is 10.1. The van der Waals surface area contributed by atoms with Gasteiger partial charge >= 0.3 is 0 Å². The van der Waals surface area contributed by atoms with Crippen molar-refractivity contribution >= 4 is 17.5 Å². The molecule has 1 aromatic heterocycles. The van der Waals surface area contributed by atoms with Gasteiger partial charge in [0.25, 0.3) is 5.91 Å². The minimum Gasteiger partial charge on any atom is -0.370 e. The summed E-state index contributed by atoms with van der Waals surface area (Å²) in [5.74, 6) is 2.19. The molecule has 0 aliphatic heterocycles. The van der Waals surface area contributed by atoms with E-state index in [2.05, 4.69) is 32.8 Å². The van der Waals surface area contributed by atoms with Crippen LogP contribution in [0.1, 0.15) is 35.6 Å². The minimum atomic E-state index is -0.0633. The SMILES string of the molecule is CCNc1cc(NCCNC(=O)c2ccc(CC)cc2)nc(C)n1. The van der Waals surface area contributed by atoms with Gasteiger partial charge in [-0.3, -0.25) is 4.79 Å². The van der Waals surface area contributed by atoms with Gasteiger partial charge in [-0.25, -0.2) is 9.97 Å². The van der Waals surface area contributed by atoms with E-state index in [1.165, 1.54) is 5.56 Å². The number of hydrogen-bond acceptors (Lipinski definition) is 5. The average molecular weight is 327 g/mol. The van der Waals surface area contributed by atoms with E-state index in [1.54, 1.807) is 0 Å². The lowest BCUT2D eigenvalue weighted by molar-refractivity contribution is 0.0955. The lowest BCUT2D eigenvalue weighted by Crippen LogP contribution is -2.29. The molecule has 24 heavy (non-hydrogen) atoms. The molecule has 0 saturated carbocycles. The number of aryl methyl sites for hydroxylation is 2. The highest BCUT2D eigenvalue weighted by molar-refractivity contribution is 5.94. The van der Waals surface area contributed by atoms with Gasteiger partial charge in [0.2, 0.25) is 0 Å². The van der Waals surface area contributed by atoms with E-state index in [4.69, 9.17) is 0 Å². The topological polar surface area (TPSA) is 78.9 Å². The second-order valence-electron chi connectivity index (χ2n) is 5.45. The predicted octanol–water partition coefficient (Wildman–Crippen LogP) is 2.62. The number of anilines is 2. The standard InChI is InChI=1S/C18H25N5O/c1-4-14-6-8-15(9-7-14)18(24)21-11-10-20-17-12-16(19-5-2)22-13(3)23-17/h6-9,12H,4-5,10-11H2,1-3H3,(H,21,24)(H2,19,20,22,23). The molecule has 2 aromatic rings. The molecule has 0 aliphatic rings. The second-order valence-corrected chi connectivity index (χ2v) is 5.45. The molecule has 1 heterocycles. The fourth-order valence-corrected chi connectivity index (χ4v) is 2.29. The third kappa shape index (κ3) is 5.22. The van der Waals surface area contributed by atoms with E-state index in [0.717, 1.165) is 24.6 Å². The molecule has 0 bridgehead atoms. The molecule has 128 valence electrons. The van der Waals surface area contributed by atoms with Gasteiger partial charge in [0.15, 0.2) is 0 Å². The average Bonchev–Trinajstić information content (AvgIpc) is 2.58. The van der Waals surface area contributed by atoms with Crippen LogP contribution in [-0.4, -0.2) is 35.5 Å². The molecule has 6 heteroatoms. The van der Waals surface area contributed by atoms with Crippen LogP contribution in [0.25, 0.3) is 0 Å². The Kier molecular flexibility index (Phi) is 6.54. The molecule has 1 aromatic carbocycles. The van der Waals surface area contributed by atoms with Crippen molar-refractivity contribution in [1.82, 2.24) is 15.3 Å². The number of hydrogen-bond donors (Lipinski definition) is 3. The van der Waals surface area contributed by atoms with Crippen molar-refractivity contribution in [2.75, 3.05) is 30.3 Å². The first-order valence-electron chi connectivity index (χ1n) is 8.33. The molecule has 0 spiro atoms. The molecule has 3 N–H and O–H groups in total. The van der Waals surface area contributed by atoms with E-state index >= 15 is 0 Å². The number of rotatable bonds is 8. The second kappa shape index (κ2) is 8.86. The van der Waals surface area contributed by atoms with Crippen LogP contribution in [-0.2, 0) is 6.42 Å². The van der Waals surface area contributed by atoms with Crippen LogP contribution in [0, 0.1) is 6.92 Å². The lowest BCUT2D eigenvalue weighted by Gasteiger charge is -2.10. The van der Waals surface area contributed by atoms with Gasteiger partial charge in [0.1, 0.15) is 17.5 Å². The van der Waals surface area contributed by atoms with Crippen molar-refractivity contribution in [3.63, 3.8) is 0 Å². The molecule has 0 radical (unpaired) electrons. The quantitative estimate of drug-likeness (QED) is 0.650. The van der Waals surface area contributed by atoms with E-state index in [-0.39, 0.29) is 5.91 Å². The number of benzene rings is 1. The Balaban J connectivity index is 1.80. The predicted molar refractivity (Wildman–Crippen MR) is 97.6 cm³/mol. The first-order chi connectivity index (χ1) is 11.6. The number of carbonyl (C=O) groups excluding carboxylic acids is 1. The first-order valence-corrected chi connectivity index (χ1v) is 8.33. The molecule has 0 aliphatic carbocycles. The number of carbonyl (C=O) groups is 1. The highest BCUT2D eigenvalue weighted by Crippen LogP contribution is 2.10. The zero-order valence-electron chi connectivity index (χ0n) is 14.5. The van der Waals surface area contributed by atoms with Crippen LogP contribution in [0.5, 0.6) is 0 Å². The van der Waals surface area contributed by atoms with Crippen molar-refractivity contribution in [3.05, 3.63) is 47.3 Å². The highest BCUT2D eigenvalue weighted by atomic mass is 16.1. The summed E-state index contributed by atoms with van der Waals surface area (Å²) < 4.78 is 0. The molecular formula is C18H25N5O. The molecule has 1 amide bonds. The summed E-state index contributed by atoms with van der Waals surface area (Å²) in [6.07, 6.45) is 0.971. The van der Waals surface area contributed by atoms with Crippen molar-refractivity contribution in [2.45, 2.75) is 27.2 Å². The van der Waals surface area contributed by atoms with Crippen LogP contribution in [0.3, 0.4) is 0 Å². The number of nitrogens with zero attached hydrogens (tertiary/aromatic N) is 2. The Morgan fingerprint density at radius 2 is 1.67 bits per heavy atom. The fourth-order valence-electron chi connectivity index (χ4n) is 2.29. The maximum absolute atomic E-state index is 12.1. The number of amides is 1. The Hall–Kier alpha value is -2.63. The smallest absolute Gasteiger partial charge is 0.251 e. The van der Waals surface area contributed by atoms with Crippen LogP contribution >= 0.6 is 0 Å².